The van der Waals surface area contributed by atoms with E-state index >= 15 is 0 Å². The van der Waals surface area contributed by atoms with E-state index in [1.165, 1.54) is 0 Å². The third kappa shape index (κ3) is 4.35. The largest absolute Gasteiger partial charge is 0.479 e. The van der Waals surface area contributed by atoms with Gasteiger partial charge in [0.05, 0.1) is 6.42 Å². The molecule has 1 heterocycles. The Morgan fingerprint density at radius 1 is 1.25 bits per heavy atom. The van der Waals surface area contributed by atoms with Gasteiger partial charge in [-0.2, -0.15) is 10.4 Å². The second-order valence-corrected chi connectivity index (χ2v) is 6.72. The van der Waals surface area contributed by atoms with Gasteiger partial charge in [-0.1, -0.05) is 24.3 Å². The van der Waals surface area contributed by atoms with Gasteiger partial charge in [0.25, 0.3) is 0 Å². The molecule has 0 unspecified atom stereocenters. The van der Waals surface area contributed by atoms with Crippen LogP contribution in [0.5, 0.6) is 5.75 Å². The number of hydrogen-bond donors (Lipinski definition) is 2. The molecule has 2 N–H and O–H groups in total. The fourth-order valence-corrected chi connectivity index (χ4v) is 2.93. The van der Waals surface area contributed by atoms with Gasteiger partial charge in [0.1, 0.15) is 17.6 Å². The summed E-state index contributed by atoms with van der Waals surface area (Å²) in [5, 5.41) is 18.8. The van der Waals surface area contributed by atoms with Crippen molar-refractivity contribution in [2.75, 3.05) is 11.9 Å². The molecule has 0 bridgehead atoms. The molecule has 1 saturated carbocycles. The fourth-order valence-electron chi connectivity index (χ4n) is 2.93. The van der Waals surface area contributed by atoms with E-state index in [0.717, 1.165) is 29.8 Å². The number of nitriles is 1. The molecule has 4 rings (SSSR count). The maximum absolute atomic E-state index is 12.4. The first kappa shape index (κ1) is 17.7. The first-order valence-electron chi connectivity index (χ1n) is 9.12. The number of amides is 1. The highest BCUT2D eigenvalue weighted by Gasteiger charge is 2.27. The van der Waals surface area contributed by atoms with Crippen molar-refractivity contribution in [1.82, 2.24) is 15.2 Å². The van der Waals surface area contributed by atoms with Gasteiger partial charge in [-0.05, 0) is 42.7 Å². The summed E-state index contributed by atoms with van der Waals surface area (Å²) in [6.45, 7) is -0.0217. The summed E-state index contributed by atoms with van der Waals surface area (Å²) >= 11 is 0. The second kappa shape index (κ2) is 7.92. The van der Waals surface area contributed by atoms with E-state index in [-0.39, 0.29) is 18.9 Å². The Hall–Kier alpha value is -3.66. The number of carbonyl (C=O) groups is 1. The van der Waals surface area contributed by atoms with Gasteiger partial charge in [0.15, 0.2) is 12.4 Å². The summed E-state index contributed by atoms with van der Waals surface area (Å²) in [6.07, 6.45) is 2.53. The van der Waals surface area contributed by atoms with E-state index in [9.17, 15) is 4.79 Å². The second-order valence-electron chi connectivity index (χ2n) is 6.72. The number of aromatic nitrogens is 3. The summed E-state index contributed by atoms with van der Waals surface area (Å²) in [5.74, 6) is 2.52. The molecule has 1 aliphatic rings. The average Bonchev–Trinajstić information content (AvgIpc) is 3.43. The number of nitrogens with zero attached hydrogens (tertiary/aromatic N) is 3. The monoisotopic (exact) mass is 373 g/mol. The zero-order valence-corrected chi connectivity index (χ0v) is 15.2. The number of nitrogens with one attached hydrogen (secondary N) is 2. The highest BCUT2D eigenvalue weighted by atomic mass is 16.5. The fraction of sp³-hybridized carbons (Fsp3) is 0.238. The van der Waals surface area contributed by atoms with Gasteiger partial charge >= 0.3 is 0 Å². The molecule has 1 aromatic heterocycles. The molecule has 0 aliphatic heterocycles. The number of carbonyl (C=O) groups excluding carboxylic acids is 1. The van der Waals surface area contributed by atoms with Crippen LogP contribution in [0.3, 0.4) is 0 Å². The molecule has 1 fully saturated rings. The Balaban J connectivity index is 1.41. The molecule has 2 aromatic carbocycles. The van der Waals surface area contributed by atoms with Crippen LogP contribution < -0.4 is 10.1 Å². The van der Waals surface area contributed by atoms with Gasteiger partial charge < -0.3 is 10.1 Å². The van der Waals surface area contributed by atoms with Gasteiger partial charge in [-0.3, -0.25) is 9.89 Å². The van der Waals surface area contributed by atoms with Crippen molar-refractivity contribution in [3.05, 3.63) is 59.9 Å². The van der Waals surface area contributed by atoms with Crippen LogP contribution >= 0.6 is 0 Å². The number of H-pyrrole nitrogens is 1. The normalized spacial score (nSPS) is 13.0. The van der Waals surface area contributed by atoms with Crippen LogP contribution in [-0.2, 0) is 11.2 Å². The molecular formula is C21H19N5O2. The van der Waals surface area contributed by atoms with Crippen LogP contribution in [0.4, 0.5) is 5.69 Å². The minimum atomic E-state index is -0.136. The SMILES string of the molecule is N#CCOc1cccc(CC(=O)Nc2cccc(-c3n[nH]c(C4CC4)n3)c2)c1. The number of anilines is 1. The minimum absolute atomic E-state index is 0.0217. The smallest absolute Gasteiger partial charge is 0.228 e. The predicted octanol–water partition coefficient (Wildman–Crippen LogP) is 3.43. The molecule has 1 aliphatic carbocycles. The molecule has 1 amide bonds. The molecule has 3 aromatic rings. The zero-order valence-electron chi connectivity index (χ0n) is 15.2. The third-order valence-corrected chi connectivity index (χ3v) is 4.44. The van der Waals surface area contributed by atoms with Crippen molar-refractivity contribution in [3.8, 4) is 23.2 Å². The van der Waals surface area contributed by atoms with Crippen molar-refractivity contribution < 1.29 is 9.53 Å². The number of benzene rings is 2. The third-order valence-electron chi connectivity index (χ3n) is 4.44. The zero-order chi connectivity index (χ0) is 19.3. The van der Waals surface area contributed by atoms with Crippen molar-refractivity contribution in [1.29, 1.82) is 5.26 Å². The summed E-state index contributed by atoms with van der Waals surface area (Å²) in [4.78, 5) is 17.0. The lowest BCUT2D eigenvalue weighted by atomic mass is 10.1. The Labute approximate surface area is 162 Å². The van der Waals surface area contributed by atoms with Crippen LogP contribution in [0.25, 0.3) is 11.4 Å². The summed E-state index contributed by atoms with van der Waals surface area (Å²) in [6, 6.07) is 16.6. The van der Waals surface area contributed by atoms with E-state index in [2.05, 4.69) is 20.5 Å². The van der Waals surface area contributed by atoms with Crippen molar-refractivity contribution in [3.63, 3.8) is 0 Å². The molecule has 0 atom stereocenters. The Morgan fingerprint density at radius 2 is 2.11 bits per heavy atom. The maximum atomic E-state index is 12.4. The molecule has 140 valence electrons. The van der Waals surface area contributed by atoms with Gasteiger partial charge in [0.2, 0.25) is 5.91 Å². The summed E-state index contributed by atoms with van der Waals surface area (Å²) in [7, 11) is 0. The van der Waals surface area contributed by atoms with E-state index in [4.69, 9.17) is 10.00 Å². The van der Waals surface area contributed by atoms with Crippen molar-refractivity contribution >= 4 is 11.6 Å². The summed E-state index contributed by atoms with van der Waals surface area (Å²) < 4.78 is 5.27. The maximum Gasteiger partial charge on any atom is 0.228 e. The molecule has 0 spiro atoms. The van der Waals surface area contributed by atoms with E-state index in [0.29, 0.717) is 23.2 Å². The van der Waals surface area contributed by atoms with Gasteiger partial charge in [-0.15, -0.1) is 0 Å². The minimum Gasteiger partial charge on any atom is -0.479 e. The number of aromatic amines is 1. The van der Waals surface area contributed by atoms with Crippen LogP contribution in [0, 0.1) is 11.3 Å². The quantitative estimate of drug-likeness (QED) is 0.660. The number of ether oxygens (including phenoxy) is 1. The highest BCUT2D eigenvalue weighted by Crippen LogP contribution is 2.38. The molecule has 7 heteroatoms. The van der Waals surface area contributed by atoms with E-state index in [1.807, 2.05) is 36.4 Å². The molecule has 7 nitrogen and oxygen atoms in total. The van der Waals surface area contributed by atoms with Crippen LogP contribution in [-0.4, -0.2) is 27.7 Å². The van der Waals surface area contributed by atoms with Crippen LogP contribution in [0.2, 0.25) is 0 Å². The Kier molecular flexibility index (Phi) is 5.02. The highest BCUT2D eigenvalue weighted by molar-refractivity contribution is 5.92. The Bertz CT molecular complexity index is 1030. The standard InChI is InChI=1S/C21H19N5O2/c22-9-10-28-18-6-1-3-14(11-18)12-19(27)23-17-5-2-4-16(13-17)21-24-20(25-26-21)15-7-8-15/h1-6,11,13,15H,7-8,10,12H2,(H,23,27)(H,24,25,26). The molecule has 28 heavy (non-hydrogen) atoms. The lowest BCUT2D eigenvalue weighted by Crippen LogP contribution is -2.14. The van der Waals surface area contributed by atoms with E-state index in [1.54, 1.807) is 18.2 Å². The average molecular weight is 373 g/mol. The number of rotatable bonds is 7. The van der Waals surface area contributed by atoms with Crippen LogP contribution in [0.15, 0.2) is 48.5 Å². The van der Waals surface area contributed by atoms with Crippen molar-refractivity contribution in [2.24, 2.45) is 0 Å². The first-order valence-corrected chi connectivity index (χ1v) is 9.12. The number of hydrogen-bond acceptors (Lipinski definition) is 5. The molecule has 0 radical (unpaired) electrons. The lowest BCUT2D eigenvalue weighted by molar-refractivity contribution is -0.115. The van der Waals surface area contributed by atoms with E-state index < -0.39 is 0 Å². The molecular weight excluding hydrogens is 354 g/mol. The predicted molar refractivity (Wildman–Crippen MR) is 104 cm³/mol. The van der Waals surface area contributed by atoms with Gasteiger partial charge in [0, 0.05) is 17.2 Å². The summed E-state index contributed by atoms with van der Waals surface area (Å²) in [5.41, 5.74) is 2.36. The first-order chi connectivity index (χ1) is 13.7. The topological polar surface area (TPSA) is 104 Å². The molecule has 0 saturated heterocycles. The van der Waals surface area contributed by atoms with Crippen LogP contribution in [0.1, 0.15) is 30.1 Å². The Morgan fingerprint density at radius 3 is 2.93 bits per heavy atom. The van der Waals surface area contributed by atoms with Gasteiger partial charge in [-0.25, -0.2) is 4.98 Å². The lowest BCUT2D eigenvalue weighted by Gasteiger charge is -2.08. The van der Waals surface area contributed by atoms with Crippen molar-refractivity contribution in [2.45, 2.75) is 25.2 Å².